The second-order valence-corrected chi connectivity index (χ2v) is 3.67. The molecule has 3 heteroatoms. The second kappa shape index (κ2) is 4.53. The predicted octanol–water partition coefficient (Wildman–Crippen LogP) is 1.21. The molecule has 0 spiro atoms. The highest BCUT2D eigenvalue weighted by atomic mass is 16.3. The van der Waals surface area contributed by atoms with Gasteiger partial charge in [0, 0.05) is 12.7 Å². The van der Waals surface area contributed by atoms with Gasteiger partial charge < -0.3 is 5.11 Å². The Morgan fingerprint density at radius 1 is 1.50 bits per heavy atom. The lowest BCUT2D eigenvalue weighted by molar-refractivity contribution is 0.183. The van der Waals surface area contributed by atoms with Crippen LogP contribution in [0.4, 0.5) is 0 Å². The Balaban J connectivity index is 2.10. The smallest absolute Gasteiger partial charge is 0.0575 e. The Morgan fingerprint density at radius 3 is 3.14 bits per heavy atom. The fraction of sp³-hybridized carbons (Fsp3) is 0.545. The molecule has 14 heavy (non-hydrogen) atoms. The molecule has 0 radical (unpaired) electrons. The molecule has 1 aromatic heterocycles. The van der Waals surface area contributed by atoms with Crippen molar-refractivity contribution in [3.63, 3.8) is 0 Å². The van der Waals surface area contributed by atoms with Crippen LogP contribution in [0.2, 0.25) is 0 Å². The number of rotatable bonds is 3. The Hall–Kier alpha value is -0.930. The maximum atomic E-state index is 8.93. The number of nitrogens with zero attached hydrogens (tertiary/aromatic N) is 2. The molecule has 1 N–H and O–H groups in total. The molecule has 2 heterocycles. The Labute approximate surface area is 84.4 Å². The zero-order valence-corrected chi connectivity index (χ0v) is 8.26. The van der Waals surface area contributed by atoms with E-state index in [0.717, 1.165) is 25.2 Å². The van der Waals surface area contributed by atoms with Crippen LogP contribution in [0.5, 0.6) is 0 Å². The quantitative estimate of drug-likeness (QED) is 0.782. The van der Waals surface area contributed by atoms with Gasteiger partial charge in [-0.05, 0) is 31.5 Å². The molecule has 1 unspecified atom stereocenters. The van der Waals surface area contributed by atoms with Crippen molar-refractivity contribution in [1.29, 1.82) is 0 Å². The fourth-order valence-electron chi connectivity index (χ4n) is 2.13. The summed E-state index contributed by atoms with van der Waals surface area (Å²) < 4.78 is 0. The van der Waals surface area contributed by atoms with E-state index in [4.69, 9.17) is 5.11 Å². The highest BCUT2D eigenvalue weighted by Crippen LogP contribution is 2.29. The van der Waals surface area contributed by atoms with E-state index < -0.39 is 0 Å². The number of aromatic nitrogens is 1. The number of likely N-dealkylation sites (tertiary alicyclic amines) is 1. The summed E-state index contributed by atoms with van der Waals surface area (Å²) in [6, 6.07) is 6.45. The summed E-state index contributed by atoms with van der Waals surface area (Å²) in [6.07, 6.45) is 4.21. The van der Waals surface area contributed by atoms with Crippen molar-refractivity contribution >= 4 is 0 Å². The van der Waals surface area contributed by atoms with Crippen LogP contribution in [0.25, 0.3) is 0 Å². The van der Waals surface area contributed by atoms with E-state index >= 15 is 0 Å². The maximum absolute atomic E-state index is 8.93. The largest absolute Gasteiger partial charge is 0.395 e. The lowest BCUT2D eigenvalue weighted by Crippen LogP contribution is -2.26. The van der Waals surface area contributed by atoms with Crippen molar-refractivity contribution in [1.82, 2.24) is 9.88 Å². The van der Waals surface area contributed by atoms with Crippen molar-refractivity contribution in [2.75, 3.05) is 19.7 Å². The van der Waals surface area contributed by atoms with E-state index in [-0.39, 0.29) is 6.61 Å². The Morgan fingerprint density at radius 2 is 2.43 bits per heavy atom. The monoisotopic (exact) mass is 192 g/mol. The molecule has 1 aliphatic heterocycles. The third kappa shape index (κ3) is 1.94. The van der Waals surface area contributed by atoms with E-state index in [1.54, 1.807) is 0 Å². The minimum atomic E-state index is 0.239. The van der Waals surface area contributed by atoms with Crippen LogP contribution in [0.15, 0.2) is 24.4 Å². The lowest BCUT2D eigenvalue weighted by Gasteiger charge is -2.22. The van der Waals surface area contributed by atoms with Crippen molar-refractivity contribution in [2.24, 2.45) is 0 Å². The van der Waals surface area contributed by atoms with Crippen LogP contribution in [-0.2, 0) is 0 Å². The number of β-amino-alcohol motifs (C(OH)–C–C–N with tert-alkyl or cyclic N) is 1. The zero-order valence-electron chi connectivity index (χ0n) is 8.26. The molecule has 0 saturated carbocycles. The van der Waals surface area contributed by atoms with Crippen LogP contribution in [-0.4, -0.2) is 34.7 Å². The maximum Gasteiger partial charge on any atom is 0.0575 e. The van der Waals surface area contributed by atoms with Crippen LogP contribution < -0.4 is 0 Å². The number of aliphatic hydroxyl groups excluding tert-OH is 1. The van der Waals surface area contributed by atoms with E-state index in [9.17, 15) is 0 Å². The highest BCUT2D eigenvalue weighted by Gasteiger charge is 2.25. The first-order valence-corrected chi connectivity index (χ1v) is 5.17. The molecule has 1 fully saturated rings. The zero-order chi connectivity index (χ0) is 9.80. The lowest BCUT2D eigenvalue weighted by atomic mass is 10.1. The van der Waals surface area contributed by atoms with Crippen molar-refractivity contribution < 1.29 is 5.11 Å². The Kier molecular flexibility index (Phi) is 3.11. The average Bonchev–Trinajstić information content (AvgIpc) is 2.68. The first-order chi connectivity index (χ1) is 6.92. The summed E-state index contributed by atoms with van der Waals surface area (Å²) >= 11 is 0. The van der Waals surface area contributed by atoms with Crippen LogP contribution in [0.3, 0.4) is 0 Å². The summed E-state index contributed by atoms with van der Waals surface area (Å²) in [6.45, 7) is 2.09. The first kappa shape index (κ1) is 9.62. The molecular weight excluding hydrogens is 176 g/mol. The molecule has 0 amide bonds. The van der Waals surface area contributed by atoms with Gasteiger partial charge in [-0.2, -0.15) is 0 Å². The fourth-order valence-corrected chi connectivity index (χ4v) is 2.13. The van der Waals surface area contributed by atoms with Crippen LogP contribution in [0, 0.1) is 0 Å². The number of pyridine rings is 1. The molecule has 76 valence electrons. The van der Waals surface area contributed by atoms with Gasteiger partial charge in [0.15, 0.2) is 0 Å². The van der Waals surface area contributed by atoms with E-state index in [0.29, 0.717) is 6.04 Å². The summed E-state index contributed by atoms with van der Waals surface area (Å²) in [4.78, 5) is 6.68. The van der Waals surface area contributed by atoms with Crippen LogP contribution in [0.1, 0.15) is 24.6 Å². The minimum Gasteiger partial charge on any atom is -0.395 e. The van der Waals surface area contributed by atoms with Gasteiger partial charge in [-0.25, -0.2) is 0 Å². The first-order valence-electron chi connectivity index (χ1n) is 5.17. The summed E-state index contributed by atoms with van der Waals surface area (Å²) in [5.41, 5.74) is 1.14. The van der Waals surface area contributed by atoms with Gasteiger partial charge in [0.25, 0.3) is 0 Å². The van der Waals surface area contributed by atoms with Crippen molar-refractivity contribution in [3.05, 3.63) is 30.1 Å². The highest BCUT2D eigenvalue weighted by molar-refractivity contribution is 5.10. The molecule has 1 saturated heterocycles. The van der Waals surface area contributed by atoms with Gasteiger partial charge in [0.1, 0.15) is 0 Å². The van der Waals surface area contributed by atoms with Gasteiger partial charge in [-0.3, -0.25) is 9.88 Å². The molecule has 0 aliphatic carbocycles. The molecule has 1 atom stereocenters. The standard InChI is InChI=1S/C11H16N2O/c14-9-8-13-7-3-5-11(13)10-4-1-2-6-12-10/h1-2,4,6,11,14H,3,5,7-9H2. The number of aliphatic hydroxyl groups is 1. The Bertz CT molecular complexity index is 276. The number of hydrogen-bond acceptors (Lipinski definition) is 3. The predicted molar refractivity (Wildman–Crippen MR) is 54.9 cm³/mol. The molecular formula is C11H16N2O. The molecule has 1 aromatic rings. The molecule has 0 aromatic carbocycles. The van der Waals surface area contributed by atoms with E-state index in [1.165, 1.54) is 6.42 Å². The topological polar surface area (TPSA) is 36.4 Å². The summed E-state index contributed by atoms with van der Waals surface area (Å²) in [5, 5.41) is 8.93. The normalized spacial score (nSPS) is 22.8. The number of hydrogen-bond donors (Lipinski definition) is 1. The van der Waals surface area contributed by atoms with Crippen molar-refractivity contribution in [3.8, 4) is 0 Å². The van der Waals surface area contributed by atoms with Crippen LogP contribution >= 0.6 is 0 Å². The van der Waals surface area contributed by atoms with Gasteiger partial charge in [-0.15, -0.1) is 0 Å². The van der Waals surface area contributed by atoms with Gasteiger partial charge in [0.05, 0.1) is 18.3 Å². The molecule has 3 nitrogen and oxygen atoms in total. The summed E-state index contributed by atoms with van der Waals surface area (Å²) in [5.74, 6) is 0. The SMILES string of the molecule is OCCN1CCCC1c1ccccn1. The molecule has 0 bridgehead atoms. The van der Waals surface area contributed by atoms with Crippen molar-refractivity contribution in [2.45, 2.75) is 18.9 Å². The van der Waals surface area contributed by atoms with Gasteiger partial charge in [0.2, 0.25) is 0 Å². The van der Waals surface area contributed by atoms with Gasteiger partial charge in [-0.1, -0.05) is 6.07 Å². The van der Waals surface area contributed by atoms with Gasteiger partial charge >= 0.3 is 0 Å². The minimum absolute atomic E-state index is 0.239. The average molecular weight is 192 g/mol. The third-order valence-electron chi connectivity index (χ3n) is 2.78. The second-order valence-electron chi connectivity index (χ2n) is 3.67. The molecule has 2 rings (SSSR count). The van der Waals surface area contributed by atoms with E-state index in [1.807, 2.05) is 18.3 Å². The van der Waals surface area contributed by atoms with E-state index in [2.05, 4.69) is 16.0 Å². The third-order valence-corrected chi connectivity index (χ3v) is 2.78. The molecule has 1 aliphatic rings. The summed E-state index contributed by atoms with van der Waals surface area (Å²) in [7, 11) is 0.